The topological polar surface area (TPSA) is 50.8 Å². The van der Waals surface area contributed by atoms with Gasteiger partial charge in [0.2, 0.25) is 0 Å². The van der Waals surface area contributed by atoms with Crippen molar-refractivity contribution in [3.63, 3.8) is 0 Å². The van der Waals surface area contributed by atoms with Crippen molar-refractivity contribution in [1.82, 2.24) is 10.2 Å². The lowest BCUT2D eigenvalue weighted by Gasteiger charge is -2.28. The summed E-state index contributed by atoms with van der Waals surface area (Å²) in [6, 6.07) is 16.2. The number of para-hydroxylation sites is 1. The van der Waals surface area contributed by atoms with Crippen LogP contribution in [0, 0.1) is 5.82 Å². The molecule has 5 nitrogen and oxygen atoms in total. The third kappa shape index (κ3) is 6.73. The lowest BCUT2D eigenvalue weighted by Crippen LogP contribution is -2.44. The first-order chi connectivity index (χ1) is 14.3. The van der Waals surface area contributed by atoms with Gasteiger partial charge in [0.1, 0.15) is 23.3 Å². The van der Waals surface area contributed by atoms with Gasteiger partial charge < -0.3 is 19.7 Å². The van der Waals surface area contributed by atoms with Gasteiger partial charge >= 0.3 is 6.09 Å². The first-order valence-corrected chi connectivity index (χ1v) is 10.5. The molecule has 1 amide bonds. The van der Waals surface area contributed by atoms with Crippen molar-refractivity contribution in [2.45, 2.75) is 51.4 Å². The van der Waals surface area contributed by atoms with E-state index in [0.717, 1.165) is 30.7 Å². The van der Waals surface area contributed by atoms with Crippen molar-refractivity contribution in [2.24, 2.45) is 0 Å². The number of carbonyl (C=O) groups excluding carboxylic acids is 1. The van der Waals surface area contributed by atoms with Gasteiger partial charge in [-0.2, -0.15) is 0 Å². The van der Waals surface area contributed by atoms with E-state index in [4.69, 9.17) is 9.47 Å². The summed E-state index contributed by atoms with van der Waals surface area (Å²) in [6.07, 6.45) is 1.14. The average Bonchev–Trinajstić information content (AvgIpc) is 3.09. The number of likely N-dealkylation sites (tertiary alicyclic amines) is 1. The Balaban J connectivity index is 1.56. The molecule has 2 aromatic rings. The van der Waals surface area contributed by atoms with E-state index >= 15 is 0 Å². The van der Waals surface area contributed by atoms with E-state index in [0.29, 0.717) is 13.1 Å². The third-order valence-electron chi connectivity index (χ3n) is 4.93. The Morgan fingerprint density at radius 1 is 1.13 bits per heavy atom. The van der Waals surface area contributed by atoms with Gasteiger partial charge in [-0.3, -0.25) is 0 Å². The monoisotopic (exact) mass is 414 g/mol. The van der Waals surface area contributed by atoms with E-state index in [2.05, 4.69) is 5.32 Å². The average molecular weight is 415 g/mol. The standard InChI is InChI=1S/C24H31FN2O3/c1-24(2,3)30-23(28)27-17-22(29-21-7-5-4-6-8-21)15-20(27)16-26-14-13-18-9-11-19(25)12-10-18/h4-12,20,22,26H,13-17H2,1-3H3/t20-,22-/m0/s1. The molecule has 1 aliphatic rings. The third-order valence-corrected chi connectivity index (χ3v) is 4.93. The molecule has 1 heterocycles. The van der Waals surface area contributed by atoms with Crippen molar-refractivity contribution in [1.29, 1.82) is 0 Å². The van der Waals surface area contributed by atoms with Gasteiger partial charge in [0.25, 0.3) is 0 Å². The Bertz CT molecular complexity index is 805. The molecule has 1 fully saturated rings. The number of nitrogens with one attached hydrogen (secondary N) is 1. The lowest BCUT2D eigenvalue weighted by atomic mass is 10.1. The van der Waals surface area contributed by atoms with Crippen LogP contribution < -0.4 is 10.1 Å². The molecule has 0 unspecified atom stereocenters. The van der Waals surface area contributed by atoms with Gasteiger partial charge in [-0.1, -0.05) is 30.3 Å². The van der Waals surface area contributed by atoms with Crippen LogP contribution in [0.5, 0.6) is 5.75 Å². The van der Waals surface area contributed by atoms with Crippen LogP contribution in [0.2, 0.25) is 0 Å². The predicted molar refractivity (Wildman–Crippen MR) is 115 cm³/mol. The number of halogens is 1. The van der Waals surface area contributed by atoms with E-state index in [-0.39, 0.29) is 24.1 Å². The fraction of sp³-hybridized carbons (Fsp3) is 0.458. The summed E-state index contributed by atoms with van der Waals surface area (Å²) in [7, 11) is 0. The van der Waals surface area contributed by atoms with Crippen LogP contribution in [-0.2, 0) is 11.2 Å². The maximum absolute atomic E-state index is 13.0. The van der Waals surface area contributed by atoms with Crippen molar-refractivity contribution < 1.29 is 18.7 Å². The smallest absolute Gasteiger partial charge is 0.410 e. The predicted octanol–water partition coefficient (Wildman–Crippen LogP) is 4.41. The van der Waals surface area contributed by atoms with Crippen LogP contribution in [0.4, 0.5) is 9.18 Å². The summed E-state index contributed by atoms with van der Waals surface area (Å²) in [4.78, 5) is 14.5. The quantitative estimate of drug-likeness (QED) is 0.682. The molecule has 6 heteroatoms. The van der Waals surface area contributed by atoms with Crippen LogP contribution in [-0.4, -0.2) is 48.4 Å². The molecule has 1 N–H and O–H groups in total. The Labute approximate surface area is 178 Å². The van der Waals surface area contributed by atoms with E-state index in [1.807, 2.05) is 51.1 Å². The number of benzene rings is 2. The number of ether oxygens (including phenoxy) is 2. The second-order valence-corrected chi connectivity index (χ2v) is 8.66. The molecule has 0 aromatic heterocycles. The molecule has 3 rings (SSSR count). The number of amides is 1. The highest BCUT2D eigenvalue weighted by Crippen LogP contribution is 2.25. The molecule has 0 bridgehead atoms. The fourth-order valence-electron chi connectivity index (χ4n) is 3.54. The summed E-state index contributed by atoms with van der Waals surface area (Å²) in [5.41, 5.74) is 0.528. The maximum atomic E-state index is 13.0. The molecule has 1 aliphatic heterocycles. The largest absolute Gasteiger partial charge is 0.489 e. The van der Waals surface area contributed by atoms with Gasteiger partial charge in [0.15, 0.2) is 0 Å². The highest BCUT2D eigenvalue weighted by molar-refractivity contribution is 5.69. The zero-order chi connectivity index (χ0) is 21.6. The second-order valence-electron chi connectivity index (χ2n) is 8.66. The van der Waals surface area contributed by atoms with Gasteiger partial charge in [-0.15, -0.1) is 0 Å². The second kappa shape index (κ2) is 9.94. The lowest BCUT2D eigenvalue weighted by molar-refractivity contribution is 0.0213. The van der Waals surface area contributed by atoms with Gasteiger partial charge in [-0.05, 0) is 63.6 Å². The van der Waals surface area contributed by atoms with E-state index in [1.165, 1.54) is 12.1 Å². The molecule has 2 atom stereocenters. The molecular weight excluding hydrogens is 383 g/mol. The molecule has 162 valence electrons. The maximum Gasteiger partial charge on any atom is 0.410 e. The Kier molecular flexibility index (Phi) is 7.32. The molecule has 0 saturated carbocycles. The number of hydrogen-bond donors (Lipinski definition) is 1. The van der Waals surface area contributed by atoms with Gasteiger partial charge in [0.05, 0.1) is 12.6 Å². The van der Waals surface area contributed by atoms with Crippen LogP contribution in [0.15, 0.2) is 54.6 Å². The minimum Gasteiger partial charge on any atom is -0.489 e. The van der Waals surface area contributed by atoms with E-state index in [1.54, 1.807) is 17.0 Å². The molecule has 30 heavy (non-hydrogen) atoms. The molecule has 1 saturated heterocycles. The molecular formula is C24H31FN2O3. The highest BCUT2D eigenvalue weighted by Gasteiger charge is 2.38. The summed E-state index contributed by atoms with van der Waals surface area (Å²) >= 11 is 0. The van der Waals surface area contributed by atoms with Gasteiger partial charge in [0, 0.05) is 13.0 Å². The number of hydrogen-bond acceptors (Lipinski definition) is 4. The molecule has 2 aromatic carbocycles. The van der Waals surface area contributed by atoms with Crippen LogP contribution >= 0.6 is 0 Å². The van der Waals surface area contributed by atoms with Crippen molar-refractivity contribution >= 4 is 6.09 Å². The molecule has 0 radical (unpaired) electrons. The summed E-state index contributed by atoms with van der Waals surface area (Å²) < 4.78 is 24.7. The Morgan fingerprint density at radius 2 is 1.83 bits per heavy atom. The minimum absolute atomic E-state index is 0.0122. The van der Waals surface area contributed by atoms with E-state index < -0.39 is 5.60 Å². The fourth-order valence-corrected chi connectivity index (χ4v) is 3.54. The summed E-state index contributed by atoms with van der Waals surface area (Å²) in [6.45, 7) is 7.50. The highest BCUT2D eigenvalue weighted by atomic mass is 19.1. The van der Waals surface area contributed by atoms with Crippen molar-refractivity contribution in [2.75, 3.05) is 19.6 Å². The normalized spacial score (nSPS) is 19.0. The Hall–Kier alpha value is -2.60. The summed E-state index contributed by atoms with van der Waals surface area (Å²) in [5, 5.41) is 3.42. The zero-order valence-corrected chi connectivity index (χ0v) is 17.9. The number of nitrogens with zero attached hydrogens (tertiary/aromatic N) is 1. The van der Waals surface area contributed by atoms with Crippen LogP contribution in [0.1, 0.15) is 32.8 Å². The number of rotatable bonds is 7. The summed E-state index contributed by atoms with van der Waals surface area (Å²) in [5.74, 6) is 0.576. The van der Waals surface area contributed by atoms with Crippen LogP contribution in [0.25, 0.3) is 0 Å². The molecule has 0 aliphatic carbocycles. The zero-order valence-electron chi connectivity index (χ0n) is 17.9. The van der Waals surface area contributed by atoms with Crippen molar-refractivity contribution in [3.8, 4) is 5.75 Å². The van der Waals surface area contributed by atoms with E-state index in [9.17, 15) is 9.18 Å². The first kappa shape index (κ1) is 22.1. The van der Waals surface area contributed by atoms with Gasteiger partial charge in [-0.25, -0.2) is 9.18 Å². The molecule has 0 spiro atoms. The minimum atomic E-state index is -0.546. The van der Waals surface area contributed by atoms with Crippen LogP contribution in [0.3, 0.4) is 0 Å². The van der Waals surface area contributed by atoms with Crippen molar-refractivity contribution in [3.05, 3.63) is 66.0 Å². The SMILES string of the molecule is CC(C)(C)OC(=O)N1C[C@@H](Oc2ccccc2)C[C@H]1CNCCc1ccc(F)cc1. The Morgan fingerprint density at radius 3 is 2.50 bits per heavy atom. The first-order valence-electron chi connectivity index (χ1n) is 10.5. The number of carbonyl (C=O) groups is 1.